The fraction of sp³-hybridized carbons (Fsp3) is 0.429. The third kappa shape index (κ3) is 2.50. The zero-order valence-electron chi connectivity index (χ0n) is 9.86. The minimum Gasteiger partial charge on any atom is -0.350 e. The summed E-state index contributed by atoms with van der Waals surface area (Å²) < 4.78 is 0. The Morgan fingerprint density at radius 2 is 2.12 bits per heavy atom. The summed E-state index contributed by atoms with van der Waals surface area (Å²) in [4.78, 5) is 3.48. The lowest BCUT2D eigenvalue weighted by atomic mass is 9.96. The van der Waals surface area contributed by atoms with Crippen molar-refractivity contribution in [3.05, 3.63) is 30.3 Å². The number of benzene rings is 1. The van der Waals surface area contributed by atoms with Gasteiger partial charge in [-0.05, 0) is 31.4 Å². The van der Waals surface area contributed by atoms with Crippen LogP contribution in [-0.4, -0.2) is 16.3 Å². The molecule has 0 spiro atoms. The van der Waals surface area contributed by atoms with Crippen LogP contribution in [0.1, 0.15) is 25.7 Å². The van der Waals surface area contributed by atoms with E-state index >= 15 is 0 Å². The largest absolute Gasteiger partial charge is 0.350 e. The lowest BCUT2D eigenvalue weighted by molar-refractivity contribution is 0.451. The van der Waals surface area contributed by atoms with E-state index < -0.39 is 0 Å². The molecular weight excluding hydrogens is 228 g/mol. The van der Waals surface area contributed by atoms with E-state index in [-0.39, 0.29) is 0 Å². The zero-order chi connectivity index (χ0) is 11.7. The third-order valence-electron chi connectivity index (χ3n) is 3.47. The van der Waals surface area contributed by atoms with Crippen LogP contribution in [0.5, 0.6) is 0 Å². The van der Waals surface area contributed by atoms with Crippen LogP contribution in [0.4, 0.5) is 0 Å². The van der Waals surface area contributed by atoms with Crippen molar-refractivity contribution in [1.82, 2.24) is 4.98 Å². The molecule has 1 saturated carbocycles. The van der Waals surface area contributed by atoms with Crippen molar-refractivity contribution in [2.75, 3.05) is 0 Å². The van der Waals surface area contributed by atoms with Gasteiger partial charge in [-0.15, -0.1) is 11.8 Å². The maximum atomic E-state index is 6.03. The molecule has 3 rings (SSSR count). The second-order valence-corrected chi connectivity index (χ2v) is 6.23. The molecule has 0 radical (unpaired) electrons. The lowest BCUT2D eigenvalue weighted by Gasteiger charge is -2.25. The van der Waals surface area contributed by atoms with Gasteiger partial charge < -0.3 is 10.7 Å². The molecule has 17 heavy (non-hydrogen) atoms. The number of fused-ring (bicyclic) bond motifs is 1. The minimum absolute atomic E-state index is 0.408. The monoisotopic (exact) mass is 246 g/mol. The molecule has 1 aromatic heterocycles. The summed E-state index contributed by atoms with van der Waals surface area (Å²) in [6.45, 7) is 0. The van der Waals surface area contributed by atoms with Crippen LogP contribution in [0, 0.1) is 0 Å². The molecule has 0 aliphatic heterocycles. The van der Waals surface area contributed by atoms with Crippen molar-refractivity contribution in [1.29, 1.82) is 0 Å². The van der Waals surface area contributed by atoms with E-state index in [0.29, 0.717) is 11.3 Å². The number of aromatic amines is 1. The Labute approximate surface area is 106 Å². The van der Waals surface area contributed by atoms with Gasteiger partial charge in [-0.1, -0.05) is 24.6 Å². The first-order valence-corrected chi connectivity index (χ1v) is 7.19. The maximum Gasteiger partial charge on any atom is 0.0735 e. The van der Waals surface area contributed by atoms with Crippen LogP contribution in [0.25, 0.3) is 10.9 Å². The minimum atomic E-state index is 0.408. The Morgan fingerprint density at radius 1 is 1.24 bits per heavy atom. The van der Waals surface area contributed by atoms with E-state index in [9.17, 15) is 0 Å². The molecule has 1 aliphatic rings. The first kappa shape index (κ1) is 11.2. The van der Waals surface area contributed by atoms with Gasteiger partial charge in [-0.2, -0.15) is 0 Å². The quantitative estimate of drug-likeness (QED) is 0.851. The van der Waals surface area contributed by atoms with Crippen molar-refractivity contribution in [3.63, 3.8) is 0 Å². The number of hydrogen-bond acceptors (Lipinski definition) is 2. The Kier molecular flexibility index (Phi) is 3.12. The molecule has 2 atom stereocenters. The van der Waals surface area contributed by atoms with Crippen molar-refractivity contribution in [2.24, 2.45) is 5.73 Å². The molecule has 2 nitrogen and oxygen atoms in total. The van der Waals surface area contributed by atoms with E-state index in [1.165, 1.54) is 35.2 Å². The van der Waals surface area contributed by atoms with Gasteiger partial charge in [0, 0.05) is 22.2 Å². The van der Waals surface area contributed by atoms with Gasteiger partial charge in [0.05, 0.1) is 5.03 Å². The highest BCUT2D eigenvalue weighted by Crippen LogP contribution is 2.34. The molecule has 1 fully saturated rings. The number of aromatic nitrogens is 1. The van der Waals surface area contributed by atoms with E-state index in [2.05, 4.69) is 35.3 Å². The average Bonchev–Trinajstić information content (AvgIpc) is 2.71. The molecule has 0 amide bonds. The number of nitrogens with one attached hydrogen (secondary N) is 1. The van der Waals surface area contributed by atoms with Crippen molar-refractivity contribution >= 4 is 22.7 Å². The summed E-state index contributed by atoms with van der Waals surface area (Å²) >= 11 is 1.96. The zero-order valence-corrected chi connectivity index (χ0v) is 10.7. The number of hydrogen-bond donors (Lipinski definition) is 2. The maximum absolute atomic E-state index is 6.03. The molecular formula is C14H18N2S. The van der Waals surface area contributed by atoms with E-state index in [4.69, 9.17) is 5.73 Å². The van der Waals surface area contributed by atoms with E-state index in [0.717, 1.165) is 6.42 Å². The highest BCUT2D eigenvalue weighted by molar-refractivity contribution is 7.99. The van der Waals surface area contributed by atoms with Gasteiger partial charge in [0.15, 0.2) is 0 Å². The molecule has 2 unspecified atom stereocenters. The highest BCUT2D eigenvalue weighted by Gasteiger charge is 2.20. The van der Waals surface area contributed by atoms with E-state index in [1.54, 1.807) is 0 Å². The van der Waals surface area contributed by atoms with Crippen LogP contribution >= 0.6 is 11.8 Å². The molecule has 3 heteroatoms. The molecule has 90 valence electrons. The predicted octanol–water partition coefficient (Wildman–Crippen LogP) is 3.53. The van der Waals surface area contributed by atoms with Gasteiger partial charge >= 0.3 is 0 Å². The summed E-state index contributed by atoms with van der Waals surface area (Å²) in [5, 5.41) is 3.27. The second kappa shape index (κ2) is 4.75. The lowest BCUT2D eigenvalue weighted by Crippen LogP contribution is -2.29. The van der Waals surface area contributed by atoms with Crippen LogP contribution < -0.4 is 5.73 Å². The SMILES string of the molecule is NC1CCCC(Sc2cc3ccccc3[nH]2)C1. The predicted molar refractivity (Wildman–Crippen MR) is 74.4 cm³/mol. The number of thioether (sulfide) groups is 1. The van der Waals surface area contributed by atoms with Crippen molar-refractivity contribution in [2.45, 2.75) is 42.0 Å². The normalized spacial score (nSPS) is 25.2. The van der Waals surface area contributed by atoms with Crippen LogP contribution in [-0.2, 0) is 0 Å². The molecule has 2 aromatic rings. The van der Waals surface area contributed by atoms with Crippen molar-refractivity contribution < 1.29 is 0 Å². The number of H-pyrrole nitrogens is 1. The van der Waals surface area contributed by atoms with Crippen LogP contribution in [0.15, 0.2) is 35.4 Å². The van der Waals surface area contributed by atoms with E-state index in [1.807, 2.05) is 11.8 Å². The number of nitrogens with two attached hydrogens (primary N) is 1. The molecule has 0 bridgehead atoms. The summed E-state index contributed by atoms with van der Waals surface area (Å²) in [5.74, 6) is 0. The summed E-state index contributed by atoms with van der Waals surface area (Å²) in [7, 11) is 0. The standard InChI is InChI=1S/C14H18N2S/c15-11-5-3-6-12(9-11)17-14-8-10-4-1-2-7-13(10)16-14/h1-2,4,7-8,11-12,16H,3,5-6,9,15H2. The van der Waals surface area contributed by atoms with Gasteiger partial charge in [-0.25, -0.2) is 0 Å². The van der Waals surface area contributed by atoms with Crippen LogP contribution in [0.2, 0.25) is 0 Å². The van der Waals surface area contributed by atoms with Gasteiger partial charge in [0.2, 0.25) is 0 Å². The molecule has 3 N–H and O–H groups in total. The van der Waals surface area contributed by atoms with Gasteiger partial charge in [0.25, 0.3) is 0 Å². The molecule has 1 heterocycles. The Bertz CT molecular complexity index is 473. The summed E-state index contributed by atoms with van der Waals surface area (Å²) in [5.41, 5.74) is 7.26. The summed E-state index contributed by atoms with van der Waals surface area (Å²) in [6.07, 6.45) is 4.93. The smallest absolute Gasteiger partial charge is 0.0735 e. The highest BCUT2D eigenvalue weighted by atomic mass is 32.2. The second-order valence-electron chi connectivity index (χ2n) is 4.89. The molecule has 1 aliphatic carbocycles. The Balaban J connectivity index is 1.75. The van der Waals surface area contributed by atoms with Gasteiger partial charge in [0.1, 0.15) is 0 Å². The third-order valence-corrected chi connectivity index (χ3v) is 4.70. The average molecular weight is 246 g/mol. The Hall–Kier alpha value is -0.930. The molecule has 0 saturated heterocycles. The number of rotatable bonds is 2. The van der Waals surface area contributed by atoms with Gasteiger partial charge in [-0.3, -0.25) is 0 Å². The summed E-state index contributed by atoms with van der Waals surface area (Å²) in [6, 6.07) is 11.1. The fourth-order valence-electron chi connectivity index (χ4n) is 2.58. The topological polar surface area (TPSA) is 41.8 Å². The Morgan fingerprint density at radius 3 is 2.94 bits per heavy atom. The van der Waals surface area contributed by atoms with Crippen molar-refractivity contribution in [3.8, 4) is 0 Å². The fourth-order valence-corrected chi connectivity index (χ4v) is 3.93. The number of para-hydroxylation sites is 1. The first-order chi connectivity index (χ1) is 8.31. The first-order valence-electron chi connectivity index (χ1n) is 6.31. The molecule has 1 aromatic carbocycles. The van der Waals surface area contributed by atoms with Crippen LogP contribution in [0.3, 0.4) is 0 Å².